The van der Waals surface area contributed by atoms with E-state index in [2.05, 4.69) is 50.2 Å². The number of halogens is 2. The van der Waals surface area contributed by atoms with Gasteiger partial charge >= 0.3 is 5.97 Å². The lowest BCUT2D eigenvalue weighted by molar-refractivity contribution is -0.145. The Morgan fingerprint density at radius 2 is 1.12 bits per heavy atom. The fraction of sp³-hybridized carbons (Fsp3) is 0.389. The van der Waals surface area contributed by atoms with Gasteiger partial charge in [0.2, 0.25) is 29.5 Å². The Morgan fingerprint density at radius 3 is 1.68 bits per heavy atom. The Bertz CT molecular complexity index is 4120. The zero-order valence-corrected chi connectivity index (χ0v) is 53.5. The van der Waals surface area contributed by atoms with E-state index >= 15 is 0 Å². The number of benzene rings is 4. The molecule has 6 aliphatic rings. The molecule has 6 fully saturated rings. The third kappa shape index (κ3) is 18.2. The van der Waals surface area contributed by atoms with E-state index < -0.39 is 49.6 Å². The number of nitrogens with zero attached hydrogens (tertiary/aromatic N) is 8. The van der Waals surface area contributed by atoms with Crippen LogP contribution in [0.15, 0.2) is 116 Å². The van der Waals surface area contributed by atoms with E-state index in [1.807, 2.05) is 24.3 Å². The molecule has 3 aliphatic heterocycles. The normalized spacial score (nSPS) is 21.3. The molecule has 3 saturated carbocycles. The SMILES string of the molecule is CCOC(=O)[C@@H]1C[C@H]1C(=O)Nc1cc(-c2ccc(OC3CCOCC3)c(C#N)c2)ccn1.N#Cc1cc(-c2cccc(NC(=O)C3CC3)c2)ncc1O[C@H]1CCN(C(=O)CO)C[C@H]1F.N#Cc1cc(-c2cccc(NC(=O)C3CC3C#N)c2)ccc1O[C@H]1CCN(C(=O)CO)C[C@H]1F. The molecule has 0 spiro atoms. The lowest BCUT2D eigenvalue weighted by Crippen LogP contribution is -2.50. The molecule has 2 aromatic heterocycles. The predicted octanol–water partition coefficient (Wildman–Crippen LogP) is 8.23. The number of anilines is 3. The van der Waals surface area contributed by atoms with Gasteiger partial charge < -0.3 is 59.6 Å². The van der Waals surface area contributed by atoms with E-state index in [0.717, 1.165) is 53.5 Å². The van der Waals surface area contributed by atoms with Gasteiger partial charge in [-0.1, -0.05) is 36.4 Å². The molecule has 5 N–H and O–H groups in total. The molecule has 0 radical (unpaired) electrons. The number of nitrogens with one attached hydrogen (secondary N) is 3. The number of pyridine rings is 2. The van der Waals surface area contributed by atoms with Gasteiger partial charge in [0.05, 0.1) is 91.2 Å². The maximum absolute atomic E-state index is 14.6. The van der Waals surface area contributed by atoms with Crippen LogP contribution < -0.4 is 30.2 Å². The summed E-state index contributed by atoms with van der Waals surface area (Å²) in [6, 6.07) is 38.4. The molecular weight excluding hydrogens is 1260 g/mol. The number of carbonyl (C=O) groups is 6. The third-order valence-electron chi connectivity index (χ3n) is 17.3. The monoisotopic (exact) mass is 1340 g/mol. The minimum absolute atomic E-state index is 0.00378. The molecule has 4 aromatic carbocycles. The van der Waals surface area contributed by atoms with Crippen molar-refractivity contribution in [1.82, 2.24) is 19.8 Å². The van der Waals surface area contributed by atoms with Crippen LogP contribution in [0.3, 0.4) is 0 Å². The number of likely N-dealkylation sites (tertiary alicyclic amines) is 2. The maximum atomic E-state index is 14.6. The van der Waals surface area contributed by atoms with Gasteiger partial charge in [-0.05, 0) is 122 Å². The molecule has 98 heavy (non-hydrogen) atoms. The van der Waals surface area contributed by atoms with Gasteiger partial charge in [0.1, 0.15) is 67.1 Å². The van der Waals surface area contributed by atoms with Crippen LogP contribution in [-0.4, -0.2) is 155 Å². The first-order valence-electron chi connectivity index (χ1n) is 32.3. The number of rotatable bonds is 19. The molecule has 5 amide bonds. The molecule has 6 aromatic rings. The Hall–Kier alpha value is -10.9. The zero-order chi connectivity index (χ0) is 69.4. The number of amides is 5. The van der Waals surface area contributed by atoms with E-state index in [-0.39, 0.29) is 121 Å². The number of aliphatic hydroxyl groups is 2. The van der Waals surface area contributed by atoms with Crippen LogP contribution in [0.5, 0.6) is 17.2 Å². The summed E-state index contributed by atoms with van der Waals surface area (Å²) in [6.45, 7) is 2.24. The van der Waals surface area contributed by atoms with E-state index in [4.69, 9.17) is 39.2 Å². The van der Waals surface area contributed by atoms with Crippen molar-refractivity contribution in [1.29, 1.82) is 21.0 Å². The maximum Gasteiger partial charge on any atom is 0.309 e. The van der Waals surface area contributed by atoms with Gasteiger partial charge in [-0.15, -0.1) is 0 Å². The number of hydrogen-bond acceptors (Lipinski definition) is 19. The van der Waals surface area contributed by atoms with Crippen molar-refractivity contribution in [2.45, 2.75) is 88.9 Å². The van der Waals surface area contributed by atoms with Crippen molar-refractivity contribution in [3.63, 3.8) is 0 Å². The van der Waals surface area contributed by atoms with Crippen molar-refractivity contribution >= 4 is 52.7 Å². The van der Waals surface area contributed by atoms with E-state index in [1.54, 1.807) is 92.0 Å². The summed E-state index contributed by atoms with van der Waals surface area (Å²) >= 11 is 0. The fourth-order valence-electron chi connectivity index (χ4n) is 11.4. The van der Waals surface area contributed by atoms with E-state index in [9.17, 15) is 53.3 Å². The Labute approximate surface area is 563 Å². The van der Waals surface area contributed by atoms with Gasteiger partial charge in [0, 0.05) is 67.8 Å². The molecule has 3 aliphatic carbocycles. The highest BCUT2D eigenvalue weighted by molar-refractivity contribution is 5.99. The molecule has 506 valence electrons. The van der Waals surface area contributed by atoms with Crippen LogP contribution in [0.4, 0.5) is 26.0 Å². The molecule has 26 heteroatoms. The first-order valence-corrected chi connectivity index (χ1v) is 32.3. The smallest absolute Gasteiger partial charge is 0.309 e. The quantitative estimate of drug-likeness (QED) is 0.0476. The second kappa shape index (κ2) is 32.7. The fourth-order valence-corrected chi connectivity index (χ4v) is 11.4. The summed E-state index contributed by atoms with van der Waals surface area (Å²) in [7, 11) is 0. The number of esters is 1. The number of alkyl halides is 2. The minimum Gasteiger partial charge on any atom is -0.489 e. The number of carbonyl (C=O) groups excluding carboxylic acids is 6. The number of nitriles is 4. The average molecular weight is 1340 g/mol. The number of aromatic nitrogens is 2. The number of aliphatic hydroxyl groups excluding tert-OH is 2. The van der Waals surface area contributed by atoms with Crippen LogP contribution in [0, 0.1) is 74.9 Å². The van der Waals surface area contributed by atoms with Crippen molar-refractivity contribution in [3.8, 4) is 75.0 Å². The third-order valence-corrected chi connectivity index (χ3v) is 17.3. The largest absolute Gasteiger partial charge is 0.489 e. The summed E-state index contributed by atoms with van der Waals surface area (Å²) in [5.41, 5.74) is 6.51. The molecule has 24 nitrogen and oxygen atoms in total. The van der Waals surface area contributed by atoms with Crippen molar-refractivity contribution in [2.75, 3.05) is 75.2 Å². The van der Waals surface area contributed by atoms with E-state index in [1.165, 1.54) is 16.0 Å². The Morgan fingerprint density at radius 1 is 0.582 bits per heavy atom. The van der Waals surface area contributed by atoms with Crippen LogP contribution in [0.2, 0.25) is 0 Å². The minimum atomic E-state index is -1.45. The summed E-state index contributed by atoms with van der Waals surface area (Å²) in [6.07, 6.45) is 3.50. The second-order valence-corrected chi connectivity index (χ2v) is 24.3. The molecule has 8 atom stereocenters. The van der Waals surface area contributed by atoms with Crippen LogP contribution in [0.1, 0.15) is 75.0 Å². The molecule has 12 rings (SSSR count). The van der Waals surface area contributed by atoms with E-state index in [0.29, 0.717) is 66.9 Å². The summed E-state index contributed by atoms with van der Waals surface area (Å²) in [5, 5.41) is 64.1. The van der Waals surface area contributed by atoms with Crippen LogP contribution in [-0.2, 0) is 38.2 Å². The van der Waals surface area contributed by atoms with Gasteiger partial charge in [0.15, 0.2) is 18.1 Å². The van der Waals surface area contributed by atoms with Gasteiger partial charge in [0.25, 0.3) is 0 Å². The predicted molar refractivity (Wildman–Crippen MR) is 349 cm³/mol. The molecular formula is C72H71F2N11O13. The summed E-state index contributed by atoms with van der Waals surface area (Å²) in [5.74, 6) is -1.60. The standard InChI is InChI=1S/C25H23FN4O4.C24H25N3O5.C23H23FN4O4/c26-21-13-30(24(32)14-31)7-6-23(21)34-22-5-4-16(8-18(22)12-28)15-2-1-3-19(9-15)29-25(33)20-10-17(20)11-27;1-2-31-24(29)20-13-19(20)23(28)27-22-12-16(5-8-26-22)15-3-4-21(17(11-15)14-25)32-18-6-9-30-10-7-18;24-18-12-28(22(30)13-29)7-6-20(18)32-21-11-26-19(9-16(21)10-25)15-2-1-3-17(8-15)27-23(31)14-4-5-14/h1-5,8-9,17,20-21,23,31H,6-7,10,13-14H2,(H,29,33);3-5,8,11-12,18-20H,2,6-7,9-10,13H2,1H3,(H,26,27,28);1-3,8-9,11,14,18,20,29H,4-7,12-13H2,(H,27,31)/t17?,20?,21-,23+;19-,20-;18-,20+/m111/s1. The Kier molecular flexibility index (Phi) is 23.3. The molecule has 0 bridgehead atoms. The lowest BCUT2D eigenvalue weighted by Gasteiger charge is -2.34. The highest BCUT2D eigenvalue weighted by atomic mass is 19.1. The second-order valence-electron chi connectivity index (χ2n) is 24.3. The number of piperidine rings is 2. The van der Waals surface area contributed by atoms with Crippen molar-refractivity contribution < 1.29 is 71.4 Å². The van der Waals surface area contributed by atoms with Crippen LogP contribution in [0.25, 0.3) is 33.5 Å². The average Bonchev–Trinajstić information content (AvgIpc) is 1.55. The lowest BCUT2D eigenvalue weighted by atomic mass is 10.0. The first kappa shape index (κ1) is 69.9. The van der Waals surface area contributed by atoms with Crippen LogP contribution >= 0.6 is 0 Å². The van der Waals surface area contributed by atoms with Crippen molar-refractivity contribution in [3.05, 3.63) is 132 Å². The van der Waals surface area contributed by atoms with Gasteiger partial charge in [-0.2, -0.15) is 21.0 Å². The summed E-state index contributed by atoms with van der Waals surface area (Å²) in [4.78, 5) is 82.7. The van der Waals surface area contributed by atoms with Crippen molar-refractivity contribution in [2.24, 2.45) is 29.6 Å². The van der Waals surface area contributed by atoms with Gasteiger partial charge in [-0.3, -0.25) is 33.8 Å². The zero-order valence-electron chi connectivity index (χ0n) is 53.5. The highest BCUT2D eigenvalue weighted by Gasteiger charge is 2.49. The topological polar surface area (TPSA) is 353 Å². The molecule has 5 heterocycles. The Balaban J connectivity index is 0.000000159. The highest BCUT2D eigenvalue weighted by Crippen LogP contribution is 2.42. The molecule has 3 saturated heterocycles. The van der Waals surface area contributed by atoms with Gasteiger partial charge in [-0.25, -0.2) is 13.8 Å². The first-order chi connectivity index (χ1) is 47.5. The molecule has 2 unspecified atom stereocenters. The summed E-state index contributed by atoms with van der Waals surface area (Å²) < 4.78 is 57.0. The number of ether oxygens (including phenoxy) is 5. The number of hydrogen-bond donors (Lipinski definition) is 5.